The molecule has 1 heterocycles. The maximum atomic E-state index is 9.39. The Hall–Kier alpha value is -0.290. The fraction of sp³-hybridized carbons (Fsp3) is 0.200. The molecular weight excluding hydrogens is 295 g/mol. The molecule has 0 saturated heterocycles. The third kappa shape index (κ3) is 1.67. The molecule has 13 heavy (non-hydrogen) atoms. The Kier molecular flexibility index (Phi) is 2.47. The molecule has 0 saturated carbocycles. The van der Waals surface area contributed by atoms with E-state index >= 15 is 0 Å². The van der Waals surface area contributed by atoms with Gasteiger partial charge >= 0.3 is 0 Å². The smallest absolute Gasteiger partial charge is 0.118 e. The molecule has 0 fully saturated rings. The lowest BCUT2D eigenvalue weighted by atomic mass is 10.2. The van der Waals surface area contributed by atoms with Gasteiger partial charge in [0.15, 0.2) is 0 Å². The summed E-state index contributed by atoms with van der Waals surface area (Å²) in [4.78, 5) is 1.37. The fourth-order valence-corrected chi connectivity index (χ4v) is 3.32. The summed E-state index contributed by atoms with van der Waals surface area (Å²) >= 11 is 4.02. The van der Waals surface area contributed by atoms with E-state index in [0.717, 1.165) is 9.99 Å². The number of phenolic OH excluding ortho intramolecular Hbond substituents is 1. The molecule has 0 amide bonds. The molecule has 1 aromatic carbocycles. The standard InChI is InChI=1S/C10H9IOS/c1-2-7-5-8-9(11)3-6(12)4-10(8)13-7/h3-5,12H,2H2,1H3. The fourth-order valence-electron chi connectivity index (χ4n) is 1.31. The Balaban J connectivity index is 2.75. The first-order valence-corrected chi connectivity index (χ1v) is 6.01. The molecule has 0 aliphatic rings. The van der Waals surface area contributed by atoms with E-state index < -0.39 is 0 Å². The van der Waals surface area contributed by atoms with Crippen molar-refractivity contribution >= 4 is 44.0 Å². The van der Waals surface area contributed by atoms with E-state index in [2.05, 4.69) is 35.6 Å². The lowest BCUT2D eigenvalue weighted by Crippen LogP contribution is -1.71. The molecule has 0 bridgehead atoms. The van der Waals surface area contributed by atoms with Crippen LogP contribution in [0, 0.1) is 3.57 Å². The zero-order valence-electron chi connectivity index (χ0n) is 7.17. The van der Waals surface area contributed by atoms with Crippen molar-refractivity contribution in [3.05, 3.63) is 26.6 Å². The van der Waals surface area contributed by atoms with Crippen LogP contribution in [-0.2, 0) is 6.42 Å². The first-order valence-electron chi connectivity index (χ1n) is 4.11. The van der Waals surface area contributed by atoms with Crippen molar-refractivity contribution in [3.63, 3.8) is 0 Å². The first-order chi connectivity index (χ1) is 6.20. The van der Waals surface area contributed by atoms with Gasteiger partial charge in [-0.1, -0.05) is 6.92 Å². The van der Waals surface area contributed by atoms with Crippen LogP contribution in [0.25, 0.3) is 10.1 Å². The third-order valence-corrected chi connectivity index (χ3v) is 4.09. The van der Waals surface area contributed by atoms with Gasteiger partial charge in [-0.25, -0.2) is 0 Å². The normalized spacial score (nSPS) is 10.9. The number of halogens is 1. The Morgan fingerprint density at radius 2 is 2.15 bits per heavy atom. The van der Waals surface area contributed by atoms with Crippen LogP contribution in [0.2, 0.25) is 0 Å². The van der Waals surface area contributed by atoms with Gasteiger partial charge in [0.25, 0.3) is 0 Å². The molecule has 0 radical (unpaired) electrons. The highest BCUT2D eigenvalue weighted by Gasteiger charge is 2.05. The Morgan fingerprint density at radius 3 is 2.85 bits per heavy atom. The van der Waals surface area contributed by atoms with Gasteiger partial charge in [-0.05, 0) is 47.2 Å². The molecule has 2 rings (SSSR count). The summed E-state index contributed by atoms with van der Waals surface area (Å²) in [5.74, 6) is 0.362. The van der Waals surface area contributed by atoms with Crippen LogP contribution < -0.4 is 0 Å². The minimum atomic E-state index is 0.362. The molecule has 2 aromatic rings. The number of rotatable bonds is 1. The van der Waals surface area contributed by atoms with Gasteiger partial charge in [0.2, 0.25) is 0 Å². The van der Waals surface area contributed by atoms with Gasteiger partial charge < -0.3 is 5.11 Å². The van der Waals surface area contributed by atoms with Crippen molar-refractivity contribution in [3.8, 4) is 5.75 Å². The molecule has 1 N–H and O–H groups in total. The SMILES string of the molecule is CCc1cc2c(I)cc(O)cc2s1. The highest BCUT2D eigenvalue weighted by Crippen LogP contribution is 2.32. The average Bonchev–Trinajstić information content (AvgIpc) is 2.47. The van der Waals surface area contributed by atoms with Crippen LogP contribution in [0.1, 0.15) is 11.8 Å². The van der Waals surface area contributed by atoms with Gasteiger partial charge in [-0.15, -0.1) is 11.3 Å². The second-order valence-electron chi connectivity index (χ2n) is 2.91. The second-order valence-corrected chi connectivity index (χ2v) is 5.24. The third-order valence-electron chi connectivity index (χ3n) is 1.97. The largest absolute Gasteiger partial charge is 0.508 e. The lowest BCUT2D eigenvalue weighted by Gasteiger charge is -1.94. The summed E-state index contributed by atoms with van der Waals surface area (Å²) in [7, 11) is 0. The first kappa shape index (κ1) is 9.27. The van der Waals surface area contributed by atoms with Crippen LogP contribution in [-0.4, -0.2) is 5.11 Å². The van der Waals surface area contributed by atoms with Crippen LogP contribution in [0.4, 0.5) is 0 Å². The highest BCUT2D eigenvalue weighted by molar-refractivity contribution is 14.1. The van der Waals surface area contributed by atoms with Crippen molar-refractivity contribution in [2.75, 3.05) is 0 Å². The number of aromatic hydroxyl groups is 1. The zero-order valence-corrected chi connectivity index (χ0v) is 10.1. The monoisotopic (exact) mass is 304 g/mol. The van der Waals surface area contributed by atoms with E-state index in [1.807, 2.05) is 6.07 Å². The summed E-state index contributed by atoms with van der Waals surface area (Å²) < 4.78 is 2.31. The summed E-state index contributed by atoms with van der Waals surface area (Å²) in [6, 6.07) is 5.84. The van der Waals surface area contributed by atoms with E-state index in [-0.39, 0.29) is 0 Å². The number of thiophene rings is 1. The van der Waals surface area contributed by atoms with Crippen molar-refractivity contribution in [2.45, 2.75) is 13.3 Å². The van der Waals surface area contributed by atoms with E-state index in [9.17, 15) is 5.11 Å². The molecule has 0 aliphatic heterocycles. The summed E-state index contributed by atoms with van der Waals surface area (Å²) in [6.07, 6.45) is 1.07. The topological polar surface area (TPSA) is 20.2 Å². The van der Waals surface area contributed by atoms with Gasteiger partial charge in [0.05, 0.1) is 0 Å². The van der Waals surface area contributed by atoms with Gasteiger partial charge in [-0.2, -0.15) is 0 Å². The van der Waals surface area contributed by atoms with E-state index in [4.69, 9.17) is 0 Å². The lowest BCUT2D eigenvalue weighted by molar-refractivity contribution is 0.476. The molecule has 68 valence electrons. The Morgan fingerprint density at radius 1 is 1.38 bits per heavy atom. The molecule has 0 aliphatic carbocycles. The van der Waals surface area contributed by atoms with Crippen LogP contribution in [0.3, 0.4) is 0 Å². The Labute approximate surface area is 94.5 Å². The molecule has 1 aromatic heterocycles. The minimum absolute atomic E-state index is 0.362. The molecule has 3 heteroatoms. The number of fused-ring (bicyclic) bond motifs is 1. The zero-order chi connectivity index (χ0) is 9.42. The average molecular weight is 304 g/mol. The minimum Gasteiger partial charge on any atom is -0.508 e. The maximum Gasteiger partial charge on any atom is 0.118 e. The predicted octanol–water partition coefficient (Wildman–Crippen LogP) is 3.77. The number of aryl methyl sites for hydroxylation is 1. The quantitative estimate of drug-likeness (QED) is 0.795. The molecule has 0 unspecified atom stereocenters. The predicted molar refractivity (Wildman–Crippen MR) is 65.6 cm³/mol. The maximum absolute atomic E-state index is 9.39. The summed E-state index contributed by atoms with van der Waals surface area (Å²) in [5, 5.41) is 10.7. The van der Waals surface area contributed by atoms with E-state index in [0.29, 0.717) is 5.75 Å². The second kappa shape index (κ2) is 3.46. The number of benzene rings is 1. The number of hydrogen-bond acceptors (Lipinski definition) is 2. The van der Waals surface area contributed by atoms with Crippen molar-refractivity contribution in [1.82, 2.24) is 0 Å². The van der Waals surface area contributed by atoms with E-state index in [1.165, 1.54) is 15.0 Å². The van der Waals surface area contributed by atoms with Crippen LogP contribution in [0.15, 0.2) is 18.2 Å². The molecular formula is C10H9IOS. The van der Waals surface area contributed by atoms with Gasteiger partial charge in [0.1, 0.15) is 5.75 Å². The van der Waals surface area contributed by atoms with E-state index in [1.54, 1.807) is 17.4 Å². The highest BCUT2D eigenvalue weighted by atomic mass is 127. The Bertz CT molecular complexity index is 447. The van der Waals surface area contributed by atoms with Crippen LogP contribution >= 0.6 is 33.9 Å². The summed E-state index contributed by atoms with van der Waals surface area (Å²) in [6.45, 7) is 2.15. The van der Waals surface area contributed by atoms with Crippen molar-refractivity contribution in [1.29, 1.82) is 0 Å². The van der Waals surface area contributed by atoms with Crippen molar-refractivity contribution in [2.24, 2.45) is 0 Å². The van der Waals surface area contributed by atoms with Gasteiger partial charge in [-0.3, -0.25) is 0 Å². The summed E-state index contributed by atoms with van der Waals surface area (Å²) in [5.41, 5.74) is 0. The van der Waals surface area contributed by atoms with Gasteiger partial charge in [0, 0.05) is 18.5 Å². The number of hydrogen-bond donors (Lipinski definition) is 1. The van der Waals surface area contributed by atoms with Crippen LogP contribution in [0.5, 0.6) is 5.75 Å². The molecule has 1 nitrogen and oxygen atoms in total. The number of phenols is 1. The molecule has 0 spiro atoms. The molecule has 0 atom stereocenters. The van der Waals surface area contributed by atoms with Crippen molar-refractivity contribution < 1.29 is 5.11 Å².